The highest BCUT2D eigenvalue weighted by Gasteiger charge is 2.12. The highest BCUT2D eigenvalue weighted by Crippen LogP contribution is 2.21. The van der Waals surface area contributed by atoms with E-state index in [0.717, 1.165) is 38.4 Å². The number of carbonyl (C=O) groups excluding carboxylic acids is 2. The zero-order valence-electron chi connectivity index (χ0n) is 16.2. The molecule has 1 heterocycles. The molecule has 1 aliphatic rings. The largest absolute Gasteiger partial charge is 0.479 e. The monoisotopic (exact) mass is 480 g/mol. The molecule has 0 spiro atoms. The summed E-state index contributed by atoms with van der Waals surface area (Å²) in [6.45, 7) is 3.17. The van der Waals surface area contributed by atoms with E-state index in [1.807, 2.05) is 12.1 Å². The van der Waals surface area contributed by atoms with Gasteiger partial charge in [0.1, 0.15) is 0 Å². The molecule has 3 rings (SSSR count). The molecule has 1 fully saturated rings. The number of hydrogen-bond donors (Lipinski definition) is 1. The van der Waals surface area contributed by atoms with Gasteiger partial charge >= 0.3 is 5.97 Å². The lowest BCUT2D eigenvalue weighted by Crippen LogP contribution is -2.35. The van der Waals surface area contributed by atoms with E-state index in [4.69, 9.17) is 14.2 Å². The van der Waals surface area contributed by atoms with Gasteiger partial charge in [0.05, 0.1) is 13.2 Å². The Balaban J connectivity index is 1.37. The number of rotatable bonds is 8. The number of benzene rings is 2. The Labute approximate surface area is 182 Å². The summed E-state index contributed by atoms with van der Waals surface area (Å²) in [4.78, 5) is 26.0. The molecule has 0 unspecified atom stereocenters. The standard InChI is InChI=1S/C21H22BrFN2O5/c22-16-3-6-19(18(23)11-16)29-14-21(27)30-13-20(26)24-17-4-1-15(2-5-17)12-25-7-9-28-10-8-25/h1-6,11H,7-10,12-14H2,(H,24,26). The van der Waals surface area contributed by atoms with Crippen molar-refractivity contribution in [1.82, 2.24) is 4.90 Å². The van der Waals surface area contributed by atoms with Crippen molar-refractivity contribution < 1.29 is 28.2 Å². The van der Waals surface area contributed by atoms with Gasteiger partial charge in [-0.15, -0.1) is 0 Å². The van der Waals surface area contributed by atoms with Gasteiger partial charge in [0, 0.05) is 29.8 Å². The van der Waals surface area contributed by atoms with Gasteiger partial charge in [-0.3, -0.25) is 9.69 Å². The predicted octanol–water partition coefficient (Wildman–Crippen LogP) is 2.98. The van der Waals surface area contributed by atoms with Crippen LogP contribution in [0.25, 0.3) is 0 Å². The van der Waals surface area contributed by atoms with Gasteiger partial charge in [-0.1, -0.05) is 28.1 Å². The Morgan fingerprint density at radius 1 is 1.10 bits per heavy atom. The smallest absolute Gasteiger partial charge is 0.344 e. The van der Waals surface area contributed by atoms with Gasteiger partial charge in [-0.25, -0.2) is 9.18 Å². The highest BCUT2D eigenvalue weighted by atomic mass is 79.9. The van der Waals surface area contributed by atoms with Crippen molar-refractivity contribution in [3.63, 3.8) is 0 Å². The van der Waals surface area contributed by atoms with Gasteiger partial charge in [0.25, 0.3) is 5.91 Å². The van der Waals surface area contributed by atoms with Crippen LogP contribution in [-0.4, -0.2) is 56.3 Å². The molecule has 0 atom stereocenters. The first-order chi connectivity index (χ1) is 14.5. The van der Waals surface area contributed by atoms with Crippen LogP contribution in [0.15, 0.2) is 46.9 Å². The lowest BCUT2D eigenvalue weighted by atomic mass is 10.2. The van der Waals surface area contributed by atoms with Crippen molar-refractivity contribution in [1.29, 1.82) is 0 Å². The molecule has 7 nitrogen and oxygen atoms in total. The Kier molecular flexibility index (Phi) is 8.18. The molecule has 2 aromatic rings. The van der Waals surface area contributed by atoms with E-state index in [1.165, 1.54) is 12.1 Å². The second-order valence-electron chi connectivity index (χ2n) is 6.66. The van der Waals surface area contributed by atoms with Crippen LogP contribution in [0.1, 0.15) is 5.56 Å². The number of nitrogens with one attached hydrogen (secondary N) is 1. The zero-order chi connectivity index (χ0) is 21.3. The van der Waals surface area contributed by atoms with Crippen molar-refractivity contribution in [3.05, 3.63) is 58.3 Å². The molecule has 1 saturated heterocycles. The first-order valence-corrected chi connectivity index (χ1v) is 10.2. The van der Waals surface area contributed by atoms with Crippen LogP contribution in [0.3, 0.4) is 0 Å². The number of halogens is 2. The minimum atomic E-state index is -0.770. The van der Waals surface area contributed by atoms with Crippen molar-refractivity contribution in [3.8, 4) is 5.75 Å². The minimum absolute atomic E-state index is 0.0724. The average molecular weight is 481 g/mol. The van der Waals surface area contributed by atoms with Gasteiger partial charge in [-0.05, 0) is 35.9 Å². The van der Waals surface area contributed by atoms with Crippen LogP contribution in [-0.2, 0) is 25.6 Å². The summed E-state index contributed by atoms with van der Waals surface area (Å²) in [5.74, 6) is -1.92. The molecule has 0 aliphatic carbocycles. The number of carbonyl (C=O) groups is 2. The number of morpholine rings is 1. The summed E-state index contributed by atoms with van der Waals surface area (Å²) >= 11 is 3.13. The maximum atomic E-state index is 13.6. The first-order valence-electron chi connectivity index (χ1n) is 9.42. The van der Waals surface area contributed by atoms with E-state index < -0.39 is 30.9 Å². The molecule has 160 valence electrons. The molecule has 2 aromatic carbocycles. The van der Waals surface area contributed by atoms with Crippen LogP contribution in [0.2, 0.25) is 0 Å². The third kappa shape index (κ3) is 7.08. The van der Waals surface area contributed by atoms with Crippen molar-refractivity contribution >= 4 is 33.5 Å². The Morgan fingerprint density at radius 2 is 1.83 bits per heavy atom. The Morgan fingerprint density at radius 3 is 2.53 bits per heavy atom. The number of ether oxygens (including phenoxy) is 3. The molecule has 0 radical (unpaired) electrons. The summed E-state index contributed by atoms with van der Waals surface area (Å²) < 4.78 is 29.5. The molecule has 1 aliphatic heterocycles. The SMILES string of the molecule is O=C(COC(=O)COc1ccc(Br)cc1F)Nc1ccc(CN2CCOCC2)cc1. The highest BCUT2D eigenvalue weighted by molar-refractivity contribution is 9.10. The normalized spacial score (nSPS) is 14.2. The summed E-state index contributed by atoms with van der Waals surface area (Å²) in [7, 11) is 0. The molecule has 0 saturated carbocycles. The van der Waals surface area contributed by atoms with Crippen LogP contribution in [0.4, 0.5) is 10.1 Å². The molecule has 1 N–H and O–H groups in total. The van der Waals surface area contributed by atoms with Gasteiger partial charge in [0.15, 0.2) is 24.8 Å². The fraction of sp³-hybridized carbons (Fsp3) is 0.333. The van der Waals surface area contributed by atoms with Crippen LogP contribution >= 0.6 is 15.9 Å². The van der Waals surface area contributed by atoms with Crippen molar-refractivity contribution in [2.45, 2.75) is 6.54 Å². The number of nitrogens with zero attached hydrogens (tertiary/aromatic N) is 1. The van der Waals surface area contributed by atoms with E-state index in [9.17, 15) is 14.0 Å². The fourth-order valence-corrected chi connectivity index (χ4v) is 3.16. The number of hydrogen-bond acceptors (Lipinski definition) is 6. The van der Waals surface area contributed by atoms with Crippen molar-refractivity contribution in [2.75, 3.05) is 44.8 Å². The molecule has 0 bridgehead atoms. The van der Waals surface area contributed by atoms with Gasteiger partial charge < -0.3 is 19.5 Å². The zero-order valence-corrected chi connectivity index (χ0v) is 17.8. The fourth-order valence-electron chi connectivity index (χ4n) is 2.82. The topological polar surface area (TPSA) is 77.1 Å². The second kappa shape index (κ2) is 11.1. The number of amides is 1. The molecule has 0 aromatic heterocycles. The lowest BCUT2D eigenvalue weighted by Gasteiger charge is -2.26. The Bertz CT molecular complexity index is 872. The lowest BCUT2D eigenvalue weighted by molar-refractivity contribution is -0.149. The second-order valence-corrected chi connectivity index (χ2v) is 7.57. The molecule has 1 amide bonds. The third-order valence-corrected chi connectivity index (χ3v) is 4.84. The Hall–Kier alpha value is -2.49. The molecular formula is C21H22BrFN2O5. The van der Waals surface area contributed by atoms with E-state index in [2.05, 4.69) is 26.1 Å². The average Bonchev–Trinajstić information content (AvgIpc) is 2.74. The van der Waals surface area contributed by atoms with Crippen LogP contribution < -0.4 is 10.1 Å². The van der Waals surface area contributed by atoms with E-state index in [-0.39, 0.29) is 5.75 Å². The van der Waals surface area contributed by atoms with Crippen LogP contribution in [0, 0.1) is 5.82 Å². The number of esters is 1. The number of anilines is 1. The van der Waals surface area contributed by atoms with E-state index >= 15 is 0 Å². The summed E-state index contributed by atoms with van der Waals surface area (Å²) in [6, 6.07) is 11.7. The van der Waals surface area contributed by atoms with Gasteiger partial charge in [-0.2, -0.15) is 0 Å². The quantitative estimate of drug-likeness (QED) is 0.585. The third-order valence-electron chi connectivity index (χ3n) is 4.35. The van der Waals surface area contributed by atoms with Crippen LogP contribution in [0.5, 0.6) is 5.75 Å². The van der Waals surface area contributed by atoms with Gasteiger partial charge in [0.2, 0.25) is 0 Å². The summed E-state index contributed by atoms with van der Waals surface area (Å²) in [5, 5.41) is 2.66. The maximum absolute atomic E-state index is 13.6. The van der Waals surface area contributed by atoms with E-state index in [0.29, 0.717) is 10.2 Å². The molecule has 30 heavy (non-hydrogen) atoms. The predicted molar refractivity (Wildman–Crippen MR) is 112 cm³/mol. The summed E-state index contributed by atoms with van der Waals surface area (Å²) in [5.41, 5.74) is 1.74. The summed E-state index contributed by atoms with van der Waals surface area (Å²) in [6.07, 6.45) is 0. The molecule has 9 heteroatoms. The first kappa shape index (κ1) is 22.2. The molecular weight excluding hydrogens is 459 g/mol. The maximum Gasteiger partial charge on any atom is 0.344 e. The van der Waals surface area contributed by atoms with Crippen molar-refractivity contribution in [2.24, 2.45) is 0 Å². The van der Waals surface area contributed by atoms with E-state index in [1.54, 1.807) is 18.2 Å². The minimum Gasteiger partial charge on any atom is -0.479 e.